The van der Waals surface area contributed by atoms with Gasteiger partial charge in [-0.05, 0) is 6.92 Å². The molecule has 0 saturated carbocycles. The van der Waals surface area contributed by atoms with E-state index in [0.717, 1.165) is 6.33 Å². The van der Waals surface area contributed by atoms with E-state index in [2.05, 4.69) is 15.1 Å². The van der Waals surface area contributed by atoms with E-state index in [1.165, 1.54) is 0 Å². The van der Waals surface area contributed by atoms with Crippen molar-refractivity contribution in [3.05, 3.63) is 41.1 Å². The van der Waals surface area contributed by atoms with E-state index in [1.807, 2.05) is 0 Å². The molecule has 1 atom stereocenters. The third-order valence-corrected chi connectivity index (χ3v) is 3.62. The summed E-state index contributed by atoms with van der Waals surface area (Å²) in [4.78, 5) is 7.36. The fraction of sp³-hybridized carbons (Fsp3) is 0.214. The van der Waals surface area contributed by atoms with Crippen molar-refractivity contribution in [2.75, 3.05) is 0 Å². The second-order valence-electron chi connectivity index (χ2n) is 5.10. The van der Waals surface area contributed by atoms with E-state index in [4.69, 9.17) is 16.3 Å². The number of rotatable bonds is 3. The lowest BCUT2D eigenvalue weighted by Crippen LogP contribution is -2.32. The summed E-state index contributed by atoms with van der Waals surface area (Å²) in [7, 11) is 0. The van der Waals surface area contributed by atoms with E-state index >= 15 is 0 Å². The van der Waals surface area contributed by atoms with E-state index in [9.17, 15) is 26.3 Å². The van der Waals surface area contributed by atoms with Gasteiger partial charge in [0.15, 0.2) is 6.10 Å². The van der Waals surface area contributed by atoms with Crippen LogP contribution in [0.5, 0.6) is 5.88 Å². The van der Waals surface area contributed by atoms with Gasteiger partial charge in [-0.1, -0.05) is 11.6 Å². The second kappa shape index (κ2) is 6.31. The summed E-state index contributed by atoms with van der Waals surface area (Å²) in [5.41, 5.74) is -1.57. The van der Waals surface area contributed by atoms with Crippen molar-refractivity contribution in [2.24, 2.45) is 0 Å². The zero-order valence-electron chi connectivity index (χ0n) is 12.7. The highest BCUT2D eigenvalue weighted by Crippen LogP contribution is 2.40. The first-order chi connectivity index (χ1) is 12.1. The van der Waals surface area contributed by atoms with Gasteiger partial charge in [-0.15, -0.1) is 0 Å². The van der Waals surface area contributed by atoms with E-state index < -0.39 is 51.9 Å². The van der Waals surface area contributed by atoms with Crippen molar-refractivity contribution in [1.29, 1.82) is 0 Å². The average molecular weight is 397 g/mol. The van der Waals surface area contributed by atoms with Crippen LogP contribution in [0.15, 0.2) is 18.5 Å². The third kappa shape index (κ3) is 3.14. The highest BCUT2D eigenvalue weighted by Gasteiger charge is 2.40. The largest absolute Gasteiger partial charge is 0.464 e. The van der Waals surface area contributed by atoms with Gasteiger partial charge >= 0.3 is 6.18 Å². The van der Waals surface area contributed by atoms with E-state index in [-0.39, 0.29) is 5.78 Å². The van der Waals surface area contributed by atoms with Crippen LogP contribution in [0.2, 0.25) is 5.15 Å². The van der Waals surface area contributed by atoms with Gasteiger partial charge in [-0.2, -0.15) is 32.8 Å². The Hall–Kier alpha value is -2.56. The number of alkyl halides is 3. The number of fused-ring (bicyclic) bond motifs is 1. The van der Waals surface area contributed by atoms with Crippen LogP contribution in [0.25, 0.3) is 16.9 Å². The first kappa shape index (κ1) is 18.2. The molecular formula is C14H7ClF6N4O. The molecule has 1 unspecified atom stereocenters. The summed E-state index contributed by atoms with van der Waals surface area (Å²) in [6, 6.07) is 0.689. The molecule has 5 nitrogen and oxygen atoms in total. The van der Waals surface area contributed by atoms with Crippen LogP contribution in [0, 0.1) is 17.5 Å². The predicted molar refractivity (Wildman–Crippen MR) is 77.2 cm³/mol. The molecule has 0 aliphatic heterocycles. The summed E-state index contributed by atoms with van der Waals surface area (Å²) >= 11 is 5.90. The zero-order valence-corrected chi connectivity index (χ0v) is 13.4. The molecule has 0 bridgehead atoms. The molecule has 0 aliphatic rings. The predicted octanol–water partition coefficient (Wildman–Crippen LogP) is 4.19. The number of ether oxygens (including phenoxy) is 1. The lowest BCUT2D eigenvalue weighted by atomic mass is 10.1. The maximum absolute atomic E-state index is 14.2. The minimum atomic E-state index is -4.79. The molecule has 0 amide bonds. The topological polar surface area (TPSA) is 52.3 Å². The molecule has 2 heterocycles. The van der Waals surface area contributed by atoms with Gasteiger partial charge in [-0.25, -0.2) is 13.2 Å². The van der Waals surface area contributed by atoms with Crippen molar-refractivity contribution in [1.82, 2.24) is 19.6 Å². The Balaban J connectivity index is 2.32. The molecule has 0 saturated heterocycles. The number of benzene rings is 1. The minimum absolute atomic E-state index is 0.258. The van der Waals surface area contributed by atoms with Crippen LogP contribution < -0.4 is 4.74 Å². The summed E-state index contributed by atoms with van der Waals surface area (Å²) in [6.07, 6.45) is -6.23. The number of halogens is 7. The molecular weight excluding hydrogens is 390 g/mol. The van der Waals surface area contributed by atoms with Crippen LogP contribution in [-0.4, -0.2) is 31.9 Å². The van der Waals surface area contributed by atoms with Gasteiger partial charge in [0.25, 0.3) is 5.78 Å². The molecule has 2 aromatic heterocycles. The Morgan fingerprint density at radius 1 is 1.12 bits per heavy atom. The van der Waals surface area contributed by atoms with Gasteiger partial charge < -0.3 is 4.74 Å². The average Bonchev–Trinajstić information content (AvgIpc) is 2.95. The molecule has 0 aliphatic carbocycles. The van der Waals surface area contributed by atoms with Crippen molar-refractivity contribution >= 4 is 17.4 Å². The van der Waals surface area contributed by atoms with Crippen molar-refractivity contribution < 1.29 is 31.1 Å². The van der Waals surface area contributed by atoms with Gasteiger partial charge in [0.1, 0.15) is 28.9 Å². The lowest BCUT2D eigenvalue weighted by Gasteiger charge is -2.20. The second-order valence-corrected chi connectivity index (χ2v) is 5.46. The number of aromatic nitrogens is 4. The SMILES string of the molecule is CC(Oc1c(-c2c(F)cc(F)cc2F)c(Cl)nc2ncnn12)C(F)(F)F. The molecule has 3 aromatic rings. The number of nitrogens with zero attached hydrogens (tertiary/aromatic N) is 4. The molecule has 0 radical (unpaired) electrons. The highest BCUT2D eigenvalue weighted by atomic mass is 35.5. The third-order valence-electron chi connectivity index (χ3n) is 3.35. The molecule has 26 heavy (non-hydrogen) atoms. The normalized spacial score (nSPS) is 13.2. The van der Waals surface area contributed by atoms with Crippen molar-refractivity contribution in [3.63, 3.8) is 0 Å². The van der Waals surface area contributed by atoms with Gasteiger partial charge in [-0.3, -0.25) is 0 Å². The molecule has 3 rings (SSSR count). The quantitative estimate of drug-likeness (QED) is 0.492. The first-order valence-corrected chi connectivity index (χ1v) is 7.25. The van der Waals surface area contributed by atoms with E-state index in [1.54, 1.807) is 0 Å². The Kier molecular flexibility index (Phi) is 4.42. The first-order valence-electron chi connectivity index (χ1n) is 6.87. The summed E-state index contributed by atoms with van der Waals surface area (Å²) in [5, 5.41) is 3.03. The Labute approximate surface area is 146 Å². The van der Waals surface area contributed by atoms with Crippen LogP contribution >= 0.6 is 11.6 Å². The standard InChI is InChI=1S/C14H7ClF6N4O/c1-5(14(19,20)21)26-12-10(9-7(17)2-6(16)3-8(9)18)11(15)24-13-22-4-23-25(12)13/h2-5H,1H3. The fourth-order valence-corrected chi connectivity index (χ4v) is 2.38. The van der Waals surface area contributed by atoms with Gasteiger partial charge in [0, 0.05) is 12.1 Å². The number of hydrogen-bond acceptors (Lipinski definition) is 4. The minimum Gasteiger partial charge on any atom is -0.464 e. The summed E-state index contributed by atoms with van der Waals surface area (Å²) in [5.74, 6) is -5.04. The highest BCUT2D eigenvalue weighted by molar-refractivity contribution is 6.32. The maximum atomic E-state index is 14.2. The number of hydrogen-bond donors (Lipinski definition) is 0. The van der Waals surface area contributed by atoms with Gasteiger partial charge in [0.05, 0.1) is 11.1 Å². The molecule has 0 fully saturated rings. The van der Waals surface area contributed by atoms with Crippen LogP contribution in [-0.2, 0) is 0 Å². The zero-order chi connectivity index (χ0) is 19.2. The molecule has 1 aromatic carbocycles. The monoisotopic (exact) mass is 396 g/mol. The summed E-state index contributed by atoms with van der Waals surface area (Å²) < 4.78 is 85.7. The Morgan fingerprint density at radius 2 is 1.73 bits per heavy atom. The lowest BCUT2D eigenvalue weighted by molar-refractivity contribution is -0.190. The Morgan fingerprint density at radius 3 is 2.31 bits per heavy atom. The molecule has 12 heteroatoms. The molecule has 0 spiro atoms. The van der Waals surface area contributed by atoms with Crippen LogP contribution in [0.4, 0.5) is 26.3 Å². The van der Waals surface area contributed by atoms with Crippen LogP contribution in [0.3, 0.4) is 0 Å². The summed E-state index contributed by atoms with van der Waals surface area (Å²) in [6.45, 7) is 0.679. The Bertz CT molecular complexity index is 966. The van der Waals surface area contributed by atoms with Crippen LogP contribution in [0.1, 0.15) is 6.92 Å². The smallest absolute Gasteiger partial charge is 0.425 e. The van der Waals surface area contributed by atoms with Crippen molar-refractivity contribution in [3.8, 4) is 17.0 Å². The van der Waals surface area contributed by atoms with E-state index in [0.29, 0.717) is 23.6 Å². The maximum Gasteiger partial charge on any atom is 0.425 e. The fourth-order valence-electron chi connectivity index (χ4n) is 2.13. The molecule has 0 N–H and O–H groups in total. The molecule has 138 valence electrons. The van der Waals surface area contributed by atoms with Gasteiger partial charge in [0.2, 0.25) is 5.88 Å². The van der Waals surface area contributed by atoms with Crippen molar-refractivity contribution in [2.45, 2.75) is 19.2 Å².